The first kappa shape index (κ1) is 16.7. The van der Waals surface area contributed by atoms with Gasteiger partial charge in [-0.25, -0.2) is 0 Å². The zero-order valence-electron chi connectivity index (χ0n) is 13.1. The minimum absolute atomic E-state index is 0.215. The summed E-state index contributed by atoms with van der Waals surface area (Å²) in [5.41, 5.74) is 0.345. The maximum Gasteiger partial charge on any atom is 0.471 e. The van der Waals surface area contributed by atoms with E-state index < -0.39 is 12.1 Å². The van der Waals surface area contributed by atoms with Crippen LogP contribution in [0.3, 0.4) is 0 Å². The highest BCUT2D eigenvalue weighted by Gasteiger charge is 2.38. The fourth-order valence-electron chi connectivity index (χ4n) is 3.10. The van der Waals surface area contributed by atoms with Crippen molar-refractivity contribution in [2.24, 2.45) is 5.92 Å². The summed E-state index contributed by atoms with van der Waals surface area (Å²) in [6.45, 7) is 1.85. The molecule has 2 aromatic rings. The van der Waals surface area contributed by atoms with E-state index in [1.54, 1.807) is 0 Å². The number of hydrogen-bond acceptors (Lipinski definition) is 5. The standard InChI is InChI=1S/C15H17F3N4O2/c1-22-6-2-3-9(8-22)7-11-10(4-5-19-13(11)23)12-20-14(24-21-12)15(16,17)18/h4-5,9H,2-3,6-8H2,1H3,(H,19,23). The molecule has 0 aromatic carbocycles. The van der Waals surface area contributed by atoms with Crippen molar-refractivity contribution in [3.63, 3.8) is 0 Å². The Hall–Kier alpha value is -2.16. The van der Waals surface area contributed by atoms with E-state index in [1.165, 1.54) is 12.3 Å². The minimum Gasteiger partial charge on any atom is -0.329 e. The zero-order chi connectivity index (χ0) is 17.3. The maximum atomic E-state index is 12.6. The molecule has 130 valence electrons. The van der Waals surface area contributed by atoms with Gasteiger partial charge < -0.3 is 14.4 Å². The molecule has 1 atom stereocenters. The van der Waals surface area contributed by atoms with E-state index in [0.717, 1.165) is 25.9 Å². The average molecular weight is 342 g/mol. The summed E-state index contributed by atoms with van der Waals surface area (Å²) in [6, 6.07) is 1.51. The molecule has 1 aliphatic heterocycles. The third-order valence-electron chi connectivity index (χ3n) is 4.19. The molecule has 1 fully saturated rings. The van der Waals surface area contributed by atoms with Gasteiger partial charge in [0.05, 0.1) is 0 Å². The highest BCUT2D eigenvalue weighted by molar-refractivity contribution is 5.58. The first-order valence-electron chi connectivity index (χ1n) is 7.65. The first-order valence-corrected chi connectivity index (χ1v) is 7.65. The van der Waals surface area contributed by atoms with E-state index >= 15 is 0 Å². The Bertz CT molecular complexity index is 769. The number of alkyl halides is 3. The third-order valence-corrected chi connectivity index (χ3v) is 4.19. The summed E-state index contributed by atoms with van der Waals surface area (Å²) in [7, 11) is 2.01. The third kappa shape index (κ3) is 3.50. The topological polar surface area (TPSA) is 75.0 Å². The number of aromatic amines is 1. The molecule has 1 saturated heterocycles. The fraction of sp³-hybridized carbons (Fsp3) is 0.533. The Kier molecular flexibility index (Phi) is 4.44. The first-order chi connectivity index (χ1) is 11.3. The van der Waals surface area contributed by atoms with Crippen molar-refractivity contribution in [1.82, 2.24) is 20.0 Å². The Labute approximate surface area is 135 Å². The molecule has 0 radical (unpaired) electrons. The van der Waals surface area contributed by atoms with Crippen molar-refractivity contribution < 1.29 is 17.7 Å². The van der Waals surface area contributed by atoms with Crippen LogP contribution < -0.4 is 5.56 Å². The van der Waals surface area contributed by atoms with E-state index in [2.05, 4.69) is 24.5 Å². The van der Waals surface area contributed by atoms with E-state index in [1.807, 2.05) is 7.05 Å². The van der Waals surface area contributed by atoms with Gasteiger partial charge in [-0.05, 0) is 44.8 Å². The lowest BCUT2D eigenvalue weighted by molar-refractivity contribution is -0.159. The van der Waals surface area contributed by atoms with Gasteiger partial charge in [0.2, 0.25) is 5.82 Å². The van der Waals surface area contributed by atoms with Crippen LogP contribution in [0.25, 0.3) is 11.4 Å². The number of nitrogens with one attached hydrogen (secondary N) is 1. The highest BCUT2D eigenvalue weighted by Crippen LogP contribution is 2.30. The lowest BCUT2D eigenvalue weighted by Gasteiger charge is -2.29. The van der Waals surface area contributed by atoms with Crippen molar-refractivity contribution in [3.8, 4) is 11.4 Å². The number of rotatable bonds is 3. The van der Waals surface area contributed by atoms with Gasteiger partial charge in [-0.2, -0.15) is 18.2 Å². The molecule has 0 amide bonds. The number of H-pyrrole nitrogens is 1. The summed E-state index contributed by atoms with van der Waals surface area (Å²) < 4.78 is 42.2. The predicted octanol–water partition coefficient (Wildman–Crippen LogP) is 2.33. The minimum atomic E-state index is -4.71. The van der Waals surface area contributed by atoms with Crippen molar-refractivity contribution >= 4 is 0 Å². The molecular formula is C15H17F3N4O2. The van der Waals surface area contributed by atoms with Gasteiger partial charge in [0.25, 0.3) is 5.56 Å². The van der Waals surface area contributed by atoms with Crippen molar-refractivity contribution in [2.75, 3.05) is 20.1 Å². The number of aromatic nitrogens is 3. The summed E-state index contributed by atoms with van der Waals surface area (Å²) in [6.07, 6.45) is -0.873. The van der Waals surface area contributed by atoms with Crippen LogP contribution in [0.1, 0.15) is 24.3 Å². The molecule has 24 heavy (non-hydrogen) atoms. The van der Waals surface area contributed by atoms with Crippen LogP contribution in [0, 0.1) is 5.92 Å². The quantitative estimate of drug-likeness (QED) is 0.927. The Morgan fingerprint density at radius 2 is 2.25 bits per heavy atom. The number of halogens is 3. The lowest BCUT2D eigenvalue weighted by Crippen LogP contribution is -2.34. The second kappa shape index (κ2) is 6.39. The number of likely N-dealkylation sites (tertiary alicyclic amines) is 1. The van der Waals surface area contributed by atoms with Crippen molar-refractivity contribution in [1.29, 1.82) is 0 Å². The second-order valence-electron chi connectivity index (χ2n) is 6.09. The van der Waals surface area contributed by atoms with Gasteiger partial charge in [0.1, 0.15) is 0 Å². The molecule has 2 aromatic heterocycles. The normalized spacial score (nSPS) is 19.6. The number of pyridine rings is 1. The van der Waals surface area contributed by atoms with E-state index in [-0.39, 0.29) is 22.9 Å². The lowest BCUT2D eigenvalue weighted by atomic mass is 9.90. The largest absolute Gasteiger partial charge is 0.471 e. The molecule has 0 bridgehead atoms. The predicted molar refractivity (Wildman–Crippen MR) is 79.3 cm³/mol. The molecule has 3 rings (SSSR count). The van der Waals surface area contributed by atoms with E-state index in [0.29, 0.717) is 12.0 Å². The van der Waals surface area contributed by atoms with Gasteiger partial charge in [0.15, 0.2) is 0 Å². The molecular weight excluding hydrogens is 325 g/mol. The van der Waals surface area contributed by atoms with Crippen LogP contribution in [-0.2, 0) is 12.6 Å². The summed E-state index contributed by atoms with van der Waals surface area (Å²) in [4.78, 5) is 20.3. The summed E-state index contributed by atoms with van der Waals surface area (Å²) in [5.74, 6) is -1.37. The van der Waals surface area contributed by atoms with E-state index in [4.69, 9.17) is 0 Å². The summed E-state index contributed by atoms with van der Waals surface area (Å²) in [5, 5.41) is 3.39. The van der Waals surface area contributed by atoms with Gasteiger partial charge in [0, 0.05) is 23.9 Å². The fourth-order valence-corrected chi connectivity index (χ4v) is 3.10. The molecule has 1 aliphatic rings. The van der Waals surface area contributed by atoms with Crippen LogP contribution in [0.5, 0.6) is 0 Å². The maximum absolute atomic E-state index is 12.6. The molecule has 0 spiro atoms. The molecule has 1 N–H and O–H groups in total. The summed E-state index contributed by atoms with van der Waals surface area (Å²) >= 11 is 0. The molecule has 6 nitrogen and oxygen atoms in total. The van der Waals surface area contributed by atoms with Crippen LogP contribution in [0.2, 0.25) is 0 Å². The van der Waals surface area contributed by atoms with Crippen LogP contribution >= 0.6 is 0 Å². The Morgan fingerprint density at radius 1 is 1.46 bits per heavy atom. The van der Waals surface area contributed by atoms with Crippen LogP contribution in [0.4, 0.5) is 13.2 Å². The monoisotopic (exact) mass is 342 g/mol. The van der Waals surface area contributed by atoms with Gasteiger partial charge in [-0.15, -0.1) is 0 Å². The Balaban J connectivity index is 1.93. The average Bonchev–Trinajstić information content (AvgIpc) is 2.99. The molecule has 0 saturated carbocycles. The SMILES string of the molecule is CN1CCCC(Cc2c(-c3noc(C(F)(F)F)n3)cc[nH]c2=O)C1. The van der Waals surface area contributed by atoms with Crippen LogP contribution in [-0.4, -0.2) is 40.2 Å². The van der Waals surface area contributed by atoms with E-state index in [9.17, 15) is 18.0 Å². The van der Waals surface area contributed by atoms with Crippen molar-refractivity contribution in [3.05, 3.63) is 34.1 Å². The zero-order valence-corrected chi connectivity index (χ0v) is 13.1. The number of nitrogens with zero attached hydrogens (tertiary/aromatic N) is 3. The second-order valence-corrected chi connectivity index (χ2v) is 6.09. The molecule has 3 heterocycles. The number of piperidine rings is 1. The van der Waals surface area contributed by atoms with Crippen molar-refractivity contribution in [2.45, 2.75) is 25.4 Å². The highest BCUT2D eigenvalue weighted by atomic mass is 19.4. The van der Waals surface area contributed by atoms with Gasteiger partial charge in [-0.1, -0.05) is 5.16 Å². The molecule has 0 aliphatic carbocycles. The smallest absolute Gasteiger partial charge is 0.329 e. The van der Waals surface area contributed by atoms with Gasteiger partial charge in [-0.3, -0.25) is 4.79 Å². The van der Waals surface area contributed by atoms with Gasteiger partial charge >= 0.3 is 12.1 Å². The molecule has 1 unspecified atom stereocenters. The van der Waals surface area contributed by atoms with Crippen LogP contribution in [0.15, 0.2) is 21.6 Å². The number of hydrogen-bond donors (Lipinski definition) is 1. The Morgan fingerprint density at radius 3 is 2.92 bits per heavy atom. The molecule has 9 heteroatoms.